The number of rotatable bonds is 3. The van der Waals surface area contributed by atoms with Crippen molar-refractivity contribution in [2.24, 2.45) is 0 Å². The van der Waals surface area contributed by atoms with Crippen LogP contribution in [0.15, 0.2) is 18.2 Å². The molecule has 0 fully saturated rings. The van der Waals surface area contributed by atoms with Gasteiger partial charge in [0.15, 0.2) is 0 Å². The van der Waals surface area contributed by atoms with Crippen LogP contribution in [0.1, 0.15) is 17.5 Å². The zero-order valence-corrected chi connectivity index (χ0v) is 8.64. The Kier molecular flexibility index (Phi) is 3.78. The van der Waals surface area contributed by atoms with Crippen molar-refractivity contribution in [3.63, 3.8) is 0 Å². The normalized spacial score (nSPS) is 10.9. The highest BCUT2D eigenvalue weighted by Crippen LogP contribution is 2.27. The largest absolute Gasteiger partial charge is 0.573 e. The second kappa shape index (κ2) is 4.88. The Balaban J connectivity index is 2.87. The molecule has 0 saturated carbocycles. The van der Waals surface area contributed by atoms with Gasteiger partial charge in [-0.3, -0.25) is 0 Å². The molecule has 0 aliphatic rings. The summed E-state index contributed by atoms with van der Waals surface area (Å²) < 4.78 is 40.0. The van der Waals surface area contributed by atoms with Gasteiger partial charge in [-0.25, -0.2) is 0 Å². The monoisotopic (exact) mass is 229 g/mol. The first-order chi connectivity index (χ1) is 7.42. The molecule has 0 aliphatic heterocycles. The lowest BCUT2D eigenvalue weighted by Crippen LogP contribution is -2.17. The molecule has 5 heteroatoms. The molecule has 0 N–H and O–H groups in total. The van der Waals surface area contributed by atoms with Crippen molar-refractivity contribution in [2.75, 3.05) is 0 Å². The van der Waals surface area contributed by atoms with Crippen LogP contribution in [0, 0.1) is 18.3 Å². The van der Waals surface area contributed by atoms with E-state index in [2.05, 4.69) is 4.74 Å². The van der Waals surface area contributed by atoms with Gasteiger partial charge in [-0.05, 0) is 30.5 Å². The van der Waals surface area contributed by atoms with Gasteiger partial charge in [0.1, 0.15) is 5.75 Å². The number of nitriles is 1. The third-order valence-electron chi connectivity index (χ3n) is 2.00. The number of hydrogen-bond acceptors (Lipinski definition) is 2. The van der Waals surface area contributed by atoms with E-state index < -0.39 is 6.36 Å². The highest BCUT2D eigenvalue weighted by molar-refractivity contribution is 5.36. The maximum Gasteiger partial charge on any atom is 0.573 e. The molecule has 1 aromatic rings. The number of aryl methyl sites for hydroxylation is 2. The molecule has 16 heavy (non-hydrogen) atoms. The summed E-state index contributed by atoms with van der Waals surface area (Å²) in [5, 5.41) is 8.38. The fourth-order valence-electron chi connectivity index (χ4n) is 1.23. The van der Waals surface area contributed by atoms with E-state index in [1.807, 2.05) is 6.07 Å². The lowest BCUT2D eigenvalue weighted by molar-refractivity contribution is -0.274. The number of hydrogen-bond donors (Lipinski definition) is 0. The van der Waals surface area contributed by atoms with Crippen LogP contribution in [0.4, 0.5) is 13.2 Å². The average molecular weight is 229 g/mol. The number of nitrogens with zero attached hydrogens (tertiary/aromatic N) is 1. The van der Waals surface area contributed by atoms with E-state index in [1.54, 1.807) is 12.1 Å². The first-order valence-electron chi connectivity index (χ1n) is 4.64. The zero-order chi connectivity index (χ0) is 12.2. The minimum Gasteiger partial charge on any atom is -0.406 e. The second-order valence-electron chi connectivity index (χ2n) is 3.31. The molecule has 0 aliphatic carbocycles. The smallest absolute Gasteiger partial charge is 0.406 e. The van der Waals surface area contributed by atoms with Crippen molar-refractivity contribution in [1.29, 1.82) is 5.26 Å². The molecular weight excluding hydrogens is 219 g/mol. The molecule has 0 saturated heterocycles. The Morgan fingerprint density at radius 2 is 2.06 bits per heavy atom. The molecule has 0 atom stereocenters. The van der Waals surface area contributed by atoms with Crippen LogP contribution in [0.25, 0.3) is 0 Å². The number of benzene rings is 1. The summed E-state index contributed by atoms with van der Waals surface area (Å²) in [6, 6.07) is 6.49. The molecule has 0 amide bonds. The summed E-state index contributed by atoms with van der Waals surface area (Å²) in [5.41, 5.74) is 1.07. The van der Waals surface area contributed by atoms with Crippen molar-refractivity contribution in [3.05, 3.63) is 29.3 Å². The summed E-state index contributed by atoms with van der Waals surface area (Å²) in [5.74, 6) is -0.206. The highest BCUT2D eigenvalue weighted by atomic mass is 19.4. The van der Waals surface area contributed by atoms with E-state index >= 15 is 0 Å². The van der Waals surface area contributed by atoms with Crippen molar-refractivity contribution in [2.45, 2.75) is 26.1 Å². The van der Waals surface area contributed by atoms with Crippen LogP contribution in [-0.4, -0.2) is 6.36 Å². The SMILES string of the molecule is Cc1ccc(CCC#N)cc1OC(F)(F)F. The third-order valence-corrected chi connectivity index (χ3v) is 2.00. The van der Waals surface area contributed by atoms with E-state index in [0.29, 0.717) is 17.5 Å². The fourth-order valence-corrected chi connectivity index (χ4v) is 1.23. The Hall–Kier alpha value is -1.70. The van der Waals surface area contributed by atoms with Crippen molar-refractivity contribution in [3.8, 4) is 11.8 Å². The van der Waals surface area contributed by atoms with Crippen LogP contribution in [0.3, 0.4) is 0 Å². The highest BCUT2D eigenvalue weighted by Gasteiger charge is 2.31. The van der Waals surface area contributed by atoms with E-state index in [4.69, 9.17) is 5.26 Å². The van der Waals surface area contributed by atoms with Gasteiger partial charge in [0.2, 0.25) is 0 Å². The van der Waals surface area contributed by atoms with Crippen molar-refractivity contribution in [1.82, 2.24) is 0 Å². The Bertz CT molecular complexity index is 407. The van der Waals surface area contributed by atoms with Gasteiger partial charge in [-0.1, -0.05) is 12.1 Å². The molecule has 0 spiro atoms. The Morgan fingerprint density at radius 3 is 2.62 bits per heavy atom. The summed E-state index contributed by atoms with van der Waals surface area (Å²) >= 11 is 0. The maximum atomic E-state index is 12.0. The van der Waals surface area contributed by atoms with Crippen LogP contribution in [-0.2, 0) is 6.42 Å². The predicted molar refractivity (Wildman–Crippen MR) is 51.8 cm³/mol. The van der Waals surface area contributed by atoms with Gasteiger partial charge in [0, 0.05) is 6.42 Å². The van der Waals surface area contributed by atoms with Crippen LogP contribution >= 0.6 is 0 Å². The van der Waals surface area contributed by atoms with E-state index in [9.17, 15) is 13.2 Å². The van der Waals surface area contributed by atoms with E-state index in [1.165, 1.54) is 13.0 Å². The van der Waals surface area contributed by atoms with Crippen LogP contribution in [0.2, 0.25) is 0 Å². The number of halogens is 3. The lowest BCUT2D eigenvalue weighted by atomic mass is 10.1. The quantitative estimate of drug-likeness (QED) is 0.796. The maximum absolute atomic E-state index is 12.0. The summed E-state index contributed by atoms with van der Waals surface area (Å²) in [6.45, 7) is 1.54. The molecule has 1 rings (SSSR count). The molecule has 2 nitrogen and oxygen atoms in total. The predicted octanol–water partition coefficient (Wildman–Crippen LogP) is 3.35. The topological polar surface area (TPSA) is 33.0 Å². The first-order valence-corrected chi connectivity index (χ1v) is 4.64. The van der Waals surface area contributed by atoms with Crippen LogP contribution < -0.4 is 4.74 Å². The molecule has 0 unspecified atom stereocenters. The van der Waals surface area contributed by atoms with Gasteiger partial charge in [0.05, 0.1) is 6.07 Å². The molecule has 0 radical (unpaired) electrons. The zero-order valence-electron chi connectivity index (χ0n) is 8.64. The molecule has 1 aromatic carbocycles. The minimum absolute atomic E-state index is 0.206. The van der Waals surface area contributed by atoms with E-state index in [-0.39, 0.29) is 12.2 Å². The lowest BCUT2D eigenvalue weighted by Gasteiger charge is -2.12. The van der Waals surface area contributed by atoms with Gasteiger partial charge < -0.3 is 4.74 Å². The second-order valence-corrected chi connectivity index (χ2v) is 3.31. The number of alkyl halides is 3. The van der Waals surface area contributed by atoms with Gasteiger partial charge in [0.25, 0.3) is 0 Å². The summed E-state index contributed by atoms with van der Waals surface area (Å²) in [6.07, 6.45) is -3.99. The minimum atomic E-state index is -4.68. The van der Waals surface area contributed by atoms with Crippen molar-refractivity contribution < 1.29 is 17.9 Å². The Labute approximate surface area is 91.3 Å². The average Bonchev–Trinajstić information content (AvgIpc) is 2.17. The molecular formula is C11H10F3NO. The Morgan fingerprint density at radius 1 is 1.38 bits per heavy atom. The molecule has 86 valence electrons. The van der Waals surface area contributed by atoms with Gasteiger partial charge >= 0.3 is 6.36 Å². The van der Waals surface area contributed by atoms with E-state index in [0.717, 1.165) is 0 Å². The van der Waals surface area contributed by atoms with Gasteiger partial charge in [-0.15, -0.1) is 13.2 Å². The standard InChI is InChI=1S/C11H10F3NO/c1-8-4-5-9(3-2-6-15)7-10(8)16-11(12,13)14/h4-5,7H,2-3H2,1H3. The van der Waals surface area contributed by atoms with Gasteiger partial charge in [-0.2, -0.15) is 5.26 Å². The molecule has 0 aromatic heterocycles. The molecule has 0 heterocycles. The van der Waals surface area contributed by atoms with Crippen LogP contribution in [0.5, 0.6) is 5.75 Å². The third kappa shape index (κ3) is 3.81. The summed E-state index contributed by atoms with van der Waals surface area (Å²) in [7, 11) is 0. The first kappa shape index (κ1) is 12.4. The fraction of sp³-hybridized carbons (Fsp3) is 0.364. The molecule has 0 bridgehead atoms. The summed E-state index contributed by atoms with van der Waals surface area (Å²) in [4.78, 5) is 0. The number of ether oxygens (including phenoxy) is 1. The van der Waals surface area contributed by atoms with Crippen molar-refractivity contribution >= 4 is 0 Å².